The van der Waals surface area contributed by atoms with Crippen LogP contribution in [0.1, 0.15) is 22.3 Å². The van der Waals surface area contributed by atoms with Crippen LogP contribution >= 0.6 is 0 Å². The van der Waals surface area contributed by atoms with E-state index in [-0.39, 0.29) is 12.2 Å². The molecular weight excluding hydrogens is 394 g/mol. The van der Waals surface area contributed by atoms with E-state index in [1.54, 1.807) is 24.3 Å². The first-order valence-corrected chi connectivity index (χ1v) is 9.72. The fourth-order valence-electron chi connectivity index (χ4n) is 3.36. The van der Waals surface area contributed by atoms with Crippen molar-refractivity contribution in [1.82, 2.24) is 5.32 Å². The Labute approximate surface area is 177 Å². The summed E-state index contributed by atoms with van der Waals surface area (Å²) in [7, 11) is 0. The zero-order valence-corrected chi connectivity index (χ0v) is 16.4. The van der Waals surface area contributed by atoms with Gasteiger partial charge in [-0.15, -0.1) is 0 Å². The number of Topliss-reactive ketones (excluding diaryl/α,β-unsaturated/α-hetero) is 1. The molecule has 1 aromatic heterocycles. The molecule has 0 radical (unpaired) electrons. The summed E-state index contributed by atoms with van der Waals surface area (Å²) in [5.74, 6) is -2.24. The Balaban J connectivity index is 1.49. The largest absolute Gasteiger partial charge is 0.480 e. The molecule has 3 aromatic carbocycles. The molecule has 154 valence electrons. The molecule has 6 heteroatoms. The van der Waals surface area contributed by atoms with Crippen molar-refractivity contribution < 1.29 is 23.9 Å². The van der Waals surface area contributed by atoms with Crippen molar-refractivity contribution in [3.8, 4) is 0 Å². The van der Waals surface area contributed by atoms with Crippen LogP contribution in [0.3, 0.4) is 0 Å². The van der Waals surface area contributed by atoms with E-state index in [1.807, 2.05) is 54.6 Å². The molecule has 0 fully saturated rings. The molecule has 1 heterocycles. The third kappa shape index (κ3) is 4.53. The number of carboxylic acid groups (broad SMARTS) is 1. The van der Waals surface area contributed by atoms with Gasteiger partial charge in [-0.05, 0) is 35.9 Å². The van der Waals surface area contributed by atoms with E-state index < -0.39 is 17.9 Å². The first kappa shape index (κ1) is 20.1. The second kappa shape index (κ2) is 8.67. The van der Waals surface area contributed by atoms with Gasteiger partial charge in [-0.25, -0.2) is 4.79 Å². The van der Waals surface area contributed by atoms with Crippen LogP contribution in [-0.2, 0) is 9.59 Å². The minimum absolute atomic E-state index is 0.360. The van der Waals surface area contributed by atoms with Crippen LogP contribution < -0.4 is 5.32 Å². The monoisotopic (exact) mass is 413 g/mol. The minimum Gasteiger partial charge on any atom is -0.480 e. The molecule has 0 aliphatic carbocycles. The van der Waals surface area contributed by atoms with Crippen molar-refractivity contribution in [3.63, 3.8) is 0 Å². The summed E-state index contributed by atoms with van der Waals surface area (Å²) >= 11 is 0. The number of hydrogen-bond donors (Lipinski definition) is 2. The lowest BCUT2D eigenvalue weighted by molar-refractivity contribution is -0.141. The Bertz CT molecular complexity index is 1300. The van der Waals surface area contributed by atoms with Crippen molar-refractivity contribution in [1.29, 1.82) is 0 Å². The Morgan fingerprint density at radius 2 is 1.61 bits per heavy atom. The van der Waals surface area contributed by atoms with Gasteiger partial charge in [0.15, 0.2) is 5.78 Å². The van der Waals surface area contributed by atoms with E-state index in [2.05, 4.69) is 5.32 Å². The fourth-order valence-corrected chi connectivity index (χ4v) is 3.36. The van der Waals surface area contributed by atoms with Gasteiger partial charge in [-0.1, -0.05) is 48.5 Å². The number of nitrogens with one attached hydrogen (secondary N) is 1. The maximum Gasteiger partial charge on any atom is 0.326 e. The number of rotatable bonds is 7. The van der Waals surface area contributed by atoms with Crippen molar-refractivity contribution in [3.05, 3.63) is 90.0 Å². The fraction of sp³-hybridized carbons (Fsp3) is 0.0800. The number of carbonyl (C=O) groups excluding carboxylic acids is 2. The van der Waals surface area contributed by atoms with Gasteiger partial charge in [0.25, 0.3) is 0 Å². The van der Waals surface area contributed by atoms with Crippen molar-refractivity contribution >= 4 is 45.7 Å². The minimum atomic E-state index is -1.34. The van der Waals surface area contributed by atoms with E-state index >= 15 is 0 Å². The lowest BCUT2D eigenvalue weighted by atomic mass is 10.0. The molecule has 0 saturated carbocycles. The van der Waals surface area contributed by atoms with Gasteiger partial charge in [0.2, 0.25) is 5.91 Å². The molecule has 4 rings (SSSR count). The van der Waals surface area contributed by atoms with Crippen LogP contribution in [0.25, 0.3) is 28.0 Å². The molecule has 1 unspecified atom stereocenters. The number of carboxylic acids is 1. The lowest BCUT2D eigenvalue weighted by Gasteiger charge is -2.12. The van der Waals surface area contributed by atoms with Crippen LogP contribution in [0.4, 0.5) is 0 Å². The quantitative estimate of drug-likeness (QED) is 0.345. The molecule has 0 aliphatic rings. The average molecular weight is 413 g/mol. The number of furan rings is 1. The first-order valence-electron chi connectivity index (χ1n) is 9.72. The number of benzene rings is 3. The average Bonchev–Trinajstić information content (AvgIpc) is 3.15. The maximum atomic E-state index is 12.8. The molecule has 0 bridgehead atoms. The number of amides is 1. The van der Waals surface area contributed by atoms with Gasteiger partial charge in [0, 0.05) is 28.8 Å². The smallest absolute Gasteiger partial charge is 0.326 e. The summed E-state index contributed by atoms with van der Waals surface area (Å²) in [6.45, 7) is 0. The Kier molecular flexibility index (Phi) is 5.62. The zero-order valence-electron chi connectivity index (χ0n) is 16.4. The van der Waals surface area contributed by atoms with E-state index in [4.69, 9.17) is 4.42 Å². The number of hydrogen-bond acceptors (Lipinski definition) is 4. The normalized spacial score (nSPS) is 12.3. The highest BCUT2D eigenvalue weighted by Crippen LogP contribution is 2.29. The van der Waals surface area contributed by atoms with Gasteiger partial charge < -0.3 is 14.8 Å². The van der Waals surface area contributed by atoms with Gasteiger partial charge in [0.1, 0.15) is 17.2 Å². The van der Waals surface area contributed by atoms with E-state index in [0.717, 1.165) is 16.3 Å². The van der Waals surface area contributed by atoms with Crippen molar-refractivity contribution in [2.45, 2.75) is 12.5 Å². The third-order valence-electron chi connectivity index (χ3n) is 4.93. The SMILES string of the molecule is O=C(/C=C/c1ccccc1)NC(CC(=O)c1ccc2oc3ccccc3c2c1)C(=O)O. The third-order valence-corrected chi connectivity index (χ3v) is 4.93. The molecule has 1 atom stereocenters. The predicted octanol–water partition coefficient (Wildman–Crippen LogP) is 4.44. The zero-order chi connectivity index (χ0) is 21.8. The molecule has 31 heavy (non-hydrogen) atoms. The molecule has 6 nitrogen and oxygen atoms in total. The number of ketones is 1. The molecule has 0 aliphatic heterocycles. The topological polar surface area (TPSA) is 96.6 Å². The second-order valence-electron chi connectivity index (χ2n) is 7.08. The van der Waals surface area contributed by atoms with Crippen LogP contribution in [0.15, 0.2) is 83.3 Å². The van der Waals surface area contributed by atoms with Crippen molar-refractivity contribution in [2.75, 3.05) is 0 Å². The lowest BCUT2D eigenvalue weighted by Crippen LogP contribution is -2.41. The highest BCUT2D eigenvalue weighted by atomic mass is 16.4. The Hall–Kier alpha value is -4.19. The molecule has 4 aromatic rings. The summed E-state index contributed by atoms with van der Waals surface area (Å²) in [4.78, 5) is 36.5. The van der Waals surface area contributed by atoms with Crippen LogP contribution in [0.5, 0.6) is 0 Å². The van der Waals surface area contributed by atoms with E-state index in [0.29, 0.717) is 16.7 Å². The summed E-state index contributed by atoms with van der Waals surface area (Å²) in [6.07, 6.45) is 2.47. The molecule has 2 N–H and O–H groups in total. The maximum absolute atomic E-state index is 12.8. The molecular formula is C25H19NO5. The predicted molar refractivity (Wildman–Crippen MR) is 118 cm³/mol. The van der Waals surface area contributed by atoms with Crippen LogP contribution in [0.2, 0.25) is 0 Å². The summed E-state index contributed by atoms with van der Waals surface area (Å²) in [5.41, 5.74) is 2.52. The van der Waals surface area contributed by atoms with Gasteiger partial charge >= 0.3 is 5.97 Å². The molecule has 0 saturated heterocycles. The number of carbonyl (C=O) groups is 3. The van der Waals surface area contributed by atoms with Crippen LogP contribution in [-0.4, -0.2) is 28.8 Å². The van der Waals surface area contributed by atoms with E-state index in [1.165, 1.54) is 6.08 Å². The standard InChI is InChI=1S/C25H19NO5/c27-21(17-11-12-23-19(14-17)18-8-4-5-9-22(18)31-23)15-20(25(29)30)26-24(28)13-10-16-6-2-1-3-7-16/h1-14,20H,15H2,(H,26,28)(H,29,30)/b13-10+. The summed E-state index contributed by atoms with van der Waals surface area (Å²) in [6, 6.07) is 20.3. The van der Waals surface area contributed by atoms with Crippen LogP contribution in [0, 0.1) is 0 Å². The number of fused-ring (bicyclic) bond motifs is 3. The Morgan fingerprint density at radius 1 is 0.903 bits per heavy atom. The highest BCUT2D eigenvalue weighted by molar-refractivity contribution is 6.09. The molecule has 1 amide bonds. The first-order chi connectivity index (χ1) is 15.0. The highest BCUT2D eigenvalue weighted by Gasteiger charge is 2.23. The number of para-hydroxylation sites is 1. The van der Waals surface area contributed by atoms with E-state index in [9.17, 15) is 19.5 Å². The molecule has 0 spiro atoms. The Morgan fingerprint density at radius 3 is 2.39 bits per heavy atom. The summed E-state index contributed by atoms with van der Waals surface area (Å²) < 4.78 is 5.75. The van der Waals surface area contributed by atoms with Gasteiger partial charge in [0.05, 0.1) is 0 Å². The number of aliphatic carboxylic acids is 1. The van der Waals surface area contributed by atoms with Crippen molar-refractivity contribution in [2.24, 2.45) is 0 Å². The van der Waals surface area contributed by atoms with Gasteiger partial charge in [-0.2, -0.15) is 0 Å². The summed E-state index contributed by atoms with van der Waals surface area (Å²) in [5, 5.41) is 13.5. The second-order valence-corrected chi connectivity index (χ2v) is 7.08. The van der Waals surface area contributed by atoms with Gasteiger partial charge in [-0.3, -0.25) is 9.59 Å².